The van der Waals surface area contributed by atoms with Gasteiger partial charge in [-0.15, -0.1) is 11.3 Å². The van der Waals surface area contributed by atoms with E-state index in [9.17, 15) is 0 Å². The second kappa shape index (κ2) is 4.34. The lowest BCUT2D eigenvalue weighted by Crippen LogP contribution is -1.95. The predicted molar refractivity (Wildman–Crippen MR) is 66.9 cm³/mol. The average molecular weight is 223 g/mol. The first-order valence-electron chi connectivity index (χ1n) is 4.53. The minimum Gasteiger partial charge on any atom is -0.326 e. The first-order chi connectivity index (χ1) is 6.86. The number of fused-ring (bicyclic) bond motifs is 1. The summed E-state index contributed by atoms with van der Waals surface area (Å²) in [7, 11) is 0. The number of thioether (sulfide) groups is 1. The summed E-state index contributed by atoms with van der Waals surface area (Å²) in [6.45, 7) is 0.635. The molecule has 0 bridgehead atoms. The molecule has 2 rings (SSSR count). The summed E-state index contributed by atoms with van der Waals surface area (Å²) < 4.78 is 1.36. The minimum absolute atomic E-state index is 0.635. The minimum atomic E-state index is 0.635. The summed E-state index contributed by atoms with van der Waals surface area (Å²) >= 11 is 3.67. The highest BCUT2D eigenvalue weighted by atomic mass is 32.2. The Bertz CT molecular complexity index is 434. The summed E-state index contributed by atoms with van der Waals surface area (Å²) in [5.74, 6) is 1.09. The molecule has 0 aliphatic carbocycles. The third-order valence-corrected chi connectivity index (χ3v) is 4.00. The molecule has 0 saturated carbocycles. The summed E-state index contributed by atoms with van der Waals surface area (Å²) in [6, 6.07) is 6.40. The Balaban J connectivity index is 2.57. The maximum atomic E-state index is 5.70. The van der Waals surface area contributed by atoms with Crippen molar-refractivity contribution in [3.8, 4) is 0 Å². The Labute approximate surface area is 92.3 Å². The van der Waals surface area contributed by atoms with Gasteiger partial charge in [0.25, 0.3) is 0 Å². The van der Waals surface area contributed by atoms with Crippen LogP contribution in [0, 0.1) is 0 Å². The molecule has 2 aromatic rings. The molecule has 0 aliphatic rings. The van der Waals surface area contributed by atoms with Crippen LogP contribution in [0.5, 0.6) is 0 Å². The number of hydrogen-bond acceptors (Lipinski definition) is 3. The number of benzene rings is 1. The Morgan fingerprint density at radius 2 is 2.21 bits per heavy atom. The Morgan fingerprint density at radius 3 is 2.93 bits per heavy atom. The molecule has 1 heterocycles. The Morgan fingerprint density at radius 1 is 1.36 bits per heavy atom. The molecule has 3 heteroatoms. The van der Waals surface area contributed by atoms with Gasteiger partial charge in [0.15, 0.2) is 0 Å². The third kappa shape index (κ3) is 1.67. The first-order valence-corrected chi connectivity index (χ1v) is 6.81. The van der Waals surface area contributed by atoms with Crippen molar-refractivity contribution in [3.63, 3.8) is 0 Å². The molecule has 14 heavy (non-hydrogen) atoms. The molecular weight excluding hydrogens is 210 g/mol. The van der Waals surface area contributed by atoms with Crippen LogP contribution < -0.4 is 5.73 Å². The molecular formula is C11H13NS2. The number of nitrogens with two attached hydrogens (primary N) is 1. The van der Waals surface area contributed by atoms with Gasteiger partial charge in [-0.25, -0.2) is 0 Å². The van der Waals surface area contributed by atoms with Gasteiger partial charge >= 0.3 is 0 Å². The van der Waals surface area contributed by atoms with Crippen LogP contribution >= 0.6 is 23.1 Å². The standard InChI is InChI=1S/C11H13NS2/c1-13-6-9-7-14-11-8(5-12)3-2-4-10(9)11/h2-4,7H,5-6,12H2,1H3. The SMILES string of the molecule is CSCc1csc2c(CN)cccc12. The van der Waals surface area contributed by atoms with E-state index < -0.39 is 0 Å². The normalized spacial score (nSPS) is 11.0. The van der Waals surface area contributed by atoms with Crippen molar-refractivity contribution in [1.29, 1.82) is 0 Å². The summed E-state index contributed by atoms with van der Waals surface area (Å²) in [5.41, 5.74) is 8.40. The highest BCUT2D eigenvalue weighted by Gasteiger charge is 2.05. The zero-order chi connectivity index (χ0) is 9.97. The molecule has 74 valence electrons. The molecule has 0 radical (unpaired) electrons. The van der Waals surface area contributed by atoms with Gasteiger partial charge in [-0.05, 0) is 28.1 Å². The average Bonchev–Trinajstić information content (AvgIpc) is 2.62. The van der Waals surface area contributed by atoms with Gasteiger partial charge in [-0.3, -0.25) is 0 Å². The van der Waals surface area contributed by atoms with Crippen LogP contribution in [0.15, 0.2) is 23.6 Å². The van der Waals surface area contributed by atoms with E-state index in [0.29, 0.717) is 6.54 Å². The van der Waals surface area contributed by atoms with E-state index >= 15 is 0 Å². The second-order valence-electron chi connectivity index (χ2n) is 3.19. The van der Waals surface area contributed by atoms with Crippen molar-refractivity contribution in [2.75, 3.05) is 6.26 Å². The fourth-order valence-electron chi connectivity index (χ4n) is 1.60. The van der Waals surface area contributed by atoms with Crippen LogP contribution in [-0.4, -0.2) is 6.26 Å². The molecule has 0 aliphatic heterocycles. The smallest absolute Gasteiger partial charge is 0.0390 e. The van der Waals surface area contributed by atoms with Gasteiger partial charge < -0.3 is 5.73 Å². The molecule has 0 spiro atoms. The van der Waals surface area contributed by atoms with Gasteiger partial charge in [0.2, 0.25) is 0 Å². The zero-order valence-electron chi connectivity index (χ0n) is 8.12. The maximum Gasteiger partial charge on any atom is 0.0390 e. The summed E-state index contributed by atoms with van der Waals surface area (Å²) in [5, 5.41) is 3.63. The molecule has 0 atom stereocenters. The van der Waals surface area contributed by atoms with Gasteiger partial charge in [0.05, 0.1) is 0 Å². The van der Waals surface area contributed by atoms with Crippen LogP contribution in [0.1, 0.15) is 11.1 Å². The van der Waals surface area contributed by atoms with Crippen LogP contribution in [0.3, 0.4) is 0 Å². The van der Waals surface area contributed by atoms with Crippen molar-refractivity contribution in [1.82, 2.24) is 0 Å². The van der Waals surface area contributed by atoms with E-state index in [-0.39, 0.29) is 0 Å². The van der Waals surface area contributed by atoms with Gasteiger partial charge in [0.1, 0.15) is 0 Å². The topological polar surface area (TPSA) is 26.0 Å². The summed E-state index contributed by atoms with van der Waals surface area (Å²) in [4.78, 5) is 0. The van der Waals surface area contributed by atoms with E-state index in [0.717, 1.165) is 5.75 Å². The molecule has 1 nitrogen and oxygen atoms in total. The Hall–Kier alpha value is -0.510. The van der Waals surface area contributed by atoms with E-state index in [1.54, 1.807) is 0 Å². The van der Waals surface area contributed by atoms with Crippen LogP contribution in [0.25, 0.3) is 10.1 Å². The van der Waals surface area contributed by atoms with E-state index in [2.05, 4.69) is 29.8 Å². The zero-order valence-corrected chi connectivity index (χ0v) is 9.75. The molecule has 0 saturated heterocycles. The monoisotopic (exact) mass is 223 g/mol. The number of thiophene rings is 1. The van der Waals surface area contributed by atoms with Crippen molar-refractivity contribution in [3.05, 3.63) is 34.7 Å². The molecule has 0 fully saturated rings. The van der Waals surface area contributed by atoms with E-state index in [1.165, 1.54) is 21.2 Å². The van der Waals surface area contributed by atoms with Crippen molar-refractivity contribution < 1.29 is 0 Å². The number of hydrogen-bond donors (Lipinski definition) is 1. The maximum absolute atomic E-state index is 5.70. The molecule has 0 amide bonds. The van der Waals surface area contributed by atoms with Crippen LogP contribution in [0.4, 0.5) is 0 Å². The van der Waals surface area contributed by atoms with Crippen molar-refractivity contribution in [2.24, 2.45) is 5.73 Å². The van der Waals surface area contributed by atoms with Crippen LogP contribution in [-0.2, 0) is 12.3 Å². The van der Waals surface area contributed by atoms with Gasteiger partial charge in [-0.1, -0.05) is 18.2 Å². The first kappa shape index (κ1) is 10.0. The highest BCUT2D eigenvalue weighted by Crippen LogP contribution is 2.30. The molecule has 0 unspecified atom stereocenters. The molecule has 2 N–H and O–H groups in total. The fourth-order valence-corrected chi connectivity index (χ4v) is 3.35. The lowest BCUT2D eigenvalue weighted by Gasteiger charge is -1.99. The lowest BCUT2D eigenvalue weighted by molar-refractivity contribution is 1.09. The van der Waals surface area contributed by atoms with E-state index in [4.69, 9.17) is 5.73 Å². The third-order valence-electron chi connectivity index (χ3n) is 2.28. The van der Waals surface area contributed by atoms with Gasteiger partial charge in [0, 0.05) is 17.0 Å². The quantitative estimate of drug-likeness (QED) is 0.864. The lowest BCUT2D eigenvalue weighted by atomic mass is 10.1. The van der Waals surface area contributed by atoms with Crippen LogP contribution in [0.2, 0.25) is 0 Å². The van der Waals surface area contributed by atoms with Crippen molar-refractivity contribution >= 4 is 33.2 Å². The fraction of sp³-hybridized carbons (Fsp3) is 0.273. The number of rotatable bonds is 3. The summed E-state index contributed by atoms with van der Waals surface area (Å²) in [6.07, 6.45) is 2.14. The van der Waals surface area contributed by atoms with Gasteiger partial charge in [-0.2, -0.15) is 11.8 Å². The van der Waals surface area contributed by atoms with E-state index in [1.807, 2.05) is 23.1 Å². The largest absolute Gasteiger partial charge is 0.326 e. The molecule has 1 aromatic heterocycles. The van der Waals surface area contributed by atoms with Crippen molar-refractivity contribution in [2.45, 2.75) is 12.3 Å². The Kier molecular flexibility index (Phi) is 3.11. The molecule has 1 aromatic carbocycles. The second-order valence-corrected chi connectivity index (χ2v) is 4.94. The highest BCUT2D eigenvalue weighted by molar-refractivity contribution is 7.97. The predicted octanol–water partition coefficient (Wildman–Crippen LogP) is 3.22.